The molecule has 150 valence electrons. The van der Waals surface area contributed by atoms with Crippen molar-refractivity contribution in [3.05, 3.63) is 39.2 Å². The Balaban J connectivity index is 1.73. The number of amides is 2. The summed E-state index contributed by atoms with van der Waals surface area (Å²) in [6, 6.07) is 3.51. The molecule has 1 aliphatic heterocycles. The second kappa shape index (κ2) is 7.66. The van der Waals surface area contributed by atoms with Crippen molar-refractivity contribution < 1.29 is 18.7 Å². The fourth-order valence-corrected chi connectivity index (χ4v) is 3.54. The third-order valence-electron chi connectivity index (χ3n) is 5.16. The molecule has 0 aliphatic carbocycles. The molecule has 1 aromatic carbocycles. The molecule has 1 aromatic heterocycles. The Bertz CT molecular complexity index is 992. The minimum Gasteiger partial charge on any atom is -0.483 e. The van der Waals surface area contributed by atoms with E-state index in [1.165, 1.54) is 0 Å². The van der Waals surface area contributed by atoms with Crippen LogP contribution < -0.4 is 15.7 Å². The zero-order chi connectivity index (χ0) is 20.6. The Labute approximate surface area is 163 Å². The zero-order valence-electron chi connectivity index (χ0n) is 16.9. The normalized spacial score (nSPS) is 16.9. The zero-order valence-corrected chi connectivity index (χ0v) is 16.9. The number of hydrogen-bond acceptors (Lipinski definition) is 5. The van der Waals surface area contributed by atoms with Gasteiger partial charge in [0.25, 0.3) is 5.91 Å². The number of carbonyl (C=O) groups is 2. The number of aryl methyl sites for hydroxylation is 2. The van der Waals surface area contributed by atoms with Crippen LogP contribution in [0.1, 0.15) is 37.0 Å². The van der Waals surface area contributed by atoms with Crippen molar-refractivity contribution in [3.8, 4) is 5.75 Å². The van der Waals surface area contributed by atoms with Gasteiger partial charge in [-0.1, -0.05) is 0 Å². The van der Waals surface area contributed by atoms with Gasteiger partial charge < -0.3 is 19.4 Å². The van der Waals surface area contributed by atoms with Gasteiger partial charge >= 0.3 is 5.63 Å². The lowest BCUT2D eigenvalue weighted by Crippen LogP contribution is -2.40. The third kappa shape index (κ3) is 3.88. The van der Waals surface area contributed by atoms with Crippen molar-refractivity contribution in [2.75, 3.05) is 13.2 Å². The van der Waals surface area contributed by atoms with Crippen LogP contribution in [-0.2, 0) is 9.59 Å². The van der Waals surface area contributed by atoms with Gasteiger partial charge in [0.1, 0.15) is 11.3 Å². The Hall–Kier alpha value is -2.83. The van der Waals surface area contributed by atoms with Crippen LogP contribution in [0, 0.1) is 20.8 Å². The number of benzene rings is 1. The van der Waals surface area contributed by atoms with E-state index in [0.717, 1.165) is 11.1 Å². The average molecular weight is 386 g/mol. The monoisotopic (exact) mass is 386 g/mol. The van der Waals surface area contributed by atoms with E-state index >= 15 is 0 Å². The number of hydrogen-bond donors (Lipinski definition) is 1. The van der Waals surface area contributed by atoms with Gasteiger partial charge in [-0.15, -0.1) is 0 Å². The molecular weight excluding hydrogens is 360 g/mol. The molecule has 0 saturated carbocycles. The standard InChI is InChI=1S/C21H26N2O5/c1-11(2)23-9-15(8-19(23)25)22-18(24)10-27-16-6-12(3)7-17-20(16)13(4)14(5)21(26)28-17/h6-7,11,15H,8-10H2,1-5H3,(H,22,24). The number of nitrogens with zero attached hydrogens (tertiary/aromatic N) is 1. The summed E-state index contributed by atoms with van der Waals surface area (Å²) in [5.74, 6) is 0.262. The van der Waals surface area contributed by atoms with E-state index in [0.29, 0.717) is 35.2 Å². The molecule has 2 amide bonds. The van der Waals surface area contributed by atoms with Crippen LogP contribution in [0.15, 0.2) is 21.3 Å². The second-order valence-electron chi connectivity index (χ2n) is 7.67. The van der Waals surface area contributed by atoms with E-state index in [9.17, 15) is 14.4 Å². The molecule has 1 N–H and O–H groups in total. The Morgan fingerprint density at radius 3 is 2.61 bits per heavy atom. The highest BCUT2D eigenvalue weighted by molar-refractivity contribution is 5.89. The van der Waals surface area contributed by atoms with E-state index in [1.807, 2.05) is 33.8 Å². The minimum atomic E-state index is -0.375. The maximum atomic E-state index is 12.3. The molecule has 1 atom stereocenters. The van der Waals surface area contributed by atoms with Crippen molar-refractivity contribution in [3.63, 3.8) is 0 Å². The summed E-state index contributed by atoms with van der Waals surface area (Å²) in [5, 5.41) is 3.55. The highest BCUT2D eigenvalue weighted by atomic mass is 16.5. The number of likely N-dealkylation sites (tertiary alicyclic amines) is 1. The Kier molecular flexibility index (Phi) is 5.45. The number of carbonyl (C=O) groups excluding carboxylic acids is 2. The van der Waals surface area contributed by atoms with E-state index in [-0.39, 0.29) is 36.1 Å². The summed E-state index contributed by atoms with van der Waals surface area (Å²) in [6.45, 7) is 9.65. The molecule has 1 unspecified atom stereocenters. The van der Waals surface area contributed by atoms with Gasteiger partial charge in [-0.05, 0) is 57.9 Å². The summed E-state index contributed by atoms with van der Waals surface area (Å²) in [7, 11) is 0. The third-order valence-corrected chi connectivity index (χ3v) is 5.16. The lowest BCUT2D eigenvalue weighted by atomic mass is 10.0. The molecule has 1 saturated heterocycles. The lowest BCUT2D eigenvalue weighted by Gasteiger charge is -2.21. The first-order chi connectivity index (χ1) is 13.2. The molecule has 7 nitrogen and oxygen atoms in total. The van der Waals surface area contributed by atoms with E-state index in [4.69, 9.17) is 9.15 Å². The largest absolute Gasteiger partial charge is 0.483 e. The van der Waals surface area contributed by atoms with Crippen LogP contribution in [0.2, 0.25) is 0 Å². The van der Waals surface area contributed by atoms with Crippen molar-refractivity contribution >= 4 is 22.8 Å². The van der Waals surface area contributed by atoms with Crippen molar-refractivity contribution in [2.45, 2.75) is 53.1 Å². The highest BCUT2D eigenvalue weighted by Gasteiger charge is 2.32. The smallest absolute Gasteiger partial charge is 0.339 e. The van der Waals surface area contributed by atoms with Gasteiger partial charge in [0.05, 0.1) is 11.4 Å². The second-order valence-corrected chi connectivity index (χ2v) is 7.67. The SMILES string of the molecule is Cc1cc(OCC(=O)NC2CC(=O)N(C(C)C)C2)c2c(C)c(C)c(=O)oc2c1. The quantitative estimate of drug-likeness (QED) is 0.796. The lowest BCUT2D eigenvalue weighted by molar-refractivity contribution is -0.129. The van der Waals surface area contributed by atoms with Crippen LogP contribution in [0.3, 0.4) is 0 Å². The molecule has 0 bridgehead atoms. The summed E-state index contributed by atoms with van der Waals surface area (Å²) in [5.41, 5.74) is 2.22. The van der Waals surface area contributed by atoms with Crippen LogP contribution in [-0.4, -0.2) is 41.9 Å². The summed E-state index contributed by atoms with van der Waals surface area (Å²) in [4.78, 5) is 38.0. The van der Waals surface area contributed by atoms with Crippen molar-refractivity contribution in [2.24, 2.45) is 0 Å². The molecule has 7 heteroatoms. The predicted molar refractivity (Wildman–Crippen MR) is 106 cm³/mol. The molecular formula is C21H26N2O5. The molecule has 0 radical (unpaired) electrons. The first kappa shape index (κ1) is 19.9. The van der Waals surface area contributed by atoms with Crippen LogP contribution >= 0.6 is 0 Å². The van der Waals surface area contributed by atoms with Gasteiger partial charge in [0.15, 0.2) is 6.61 Å². The molecule has 2 aromatic rings. The molecule has 0 spiro atoms. The Morgan fingerprint density at radius 1 is 1.25 bits per heavy atom. The average Bonchev–Trinajstić information content (AvgIpc) is 2.97. The summed E-state index contributed by atoms with van der Waals surface area (Å²) in [6.07, 6.45) is 0.306. The van der Waals surface area contributed by atoms with Crippen LogP contribution in [0.5, 0.6) is 5.75 Å². The fourth-order valence-electron chi connectivity index (χ4n) is 3.54. The molecule has 1 fully saturated rings. The van der Waals surface area contributed by atoms with Crippen LogP contribution in [0.25, 0.3) is 11.0 Å². The molecule has 2 heterocycles. The van der Waals surface area contributed by atoms with Gasteiger partial charge in [-0.3, -0.25) is 9.59 Å². The van der Waals surface area contributed by atoms with Crippen molar-refractivity contribution in [1.82, 2.24) is 10.2 Å². The van der Waals surface area contributed by atoms with Crippen molar-refractivity contribution in [1.29, 1.82) is 0 Å². The maximum Gasteiger partial charge on any atom is 0.339 e. The Morgan fingerprint density at radius 2 is 1.96 bits per heavy atom. The fraction of sp³-hybridized carbons (Fsp3) is 0.476. The maximum absolute atomic E-state index is 12.3. The summed E-state index contributed by atoms with van der Waals surface area (Å²) >= 11 is 0. The molecule has 1 aliphatic rings. The highest BCUT2D eigenvalue weighted by Crippen LogP contribution is 2.30. The topological polar surface area (TPSA) is 88.9 Å². The van der Waals surface area contributed by atoms with Gasteiger partial charge in [0, 0.05) is 24.6 Å². The number of rotatable bonds is 5. The number of ether oxygens (including phenoxy) is 1. The van der Waals surface area contributed by atoms with Gasteiger partial charge in [-0.25, -0.2) is 4.79 Å². The van der Waals surface area contributed by atoms with E-state index in [2.05, 4.69) is 5.32 Å². The van der Waals surface area contributed by atoms with Gasteiger partial charge in [0.2, 0.25) is 5.91 Å². The number of nitrogens with one attached hydrogen (secondary N) is 1. The van der Waals surface area contributed by atoms with Gasteiger partial charge in [-0.2, -0.15) is 0 Å². The predicted octanol–water partition coefficient (Wildman–Crippen LogP) is 2.22. The van der Waals surface area contributed by atoms with E-state index < -0.39 is 0 Å². The number of fused-ring (bicyclic) bond motifs is 1. The van der Waals surface area contributed by atoms with Crippen LogP contribution in [0.4, 0.5) is 0 Å². The molecule has 3 rings (SSSR count). The summed E-state index contributed by atoms with van der Waals surface area (Å²) < 4.78 is 11.2. The first-order valence-corrected chi connectivity index (χ1v) is 9.43. The van der Waals surface area contributed by atoms with E-state index in [1.54, 1.807) is 17.9 Å². The minimum absolute atomic E-state index is 0.0482. The molecule has 28 heavy (non-hydrogen) atoms. The first-order valence-electron chi connectivity index (χ1n) is 9.43.